The average molecular weight is 341 g/mol. The first-order chi connectivity index (χ1) is 10.9. The number of rotatable bonds is 3. The minimum Gasteiger partial charge on any atom is -0.302 e. The first kappa shape index (κ1) is 16.0. The van der Waals surface area contributed by atoms with E-state index in [-0.39, 0.29) is 10.7 Å². The summed E-state index contributed by atoms with van der Waals surface area (Å²) in [4.78, 5) is 0. The minimum atomic E-state index is -3.84. The van der Waals surface area contributed by atoms with E-state index in [2.05, 4.69) is 10.2 Å². The fourth-order valence-electron chi connectivity index (χ4n) is 2.77. The molecule has 1 unspecified atom stereocenters. The zero-order valence-corrected chi connectivity index (χ0v) is 13.5. The molecule has 23 heavy (non-hydrogen) atoms. The molecule has 2 aromatic rings. The second-order valence-corrected chi connectivity index (χ2v) is 7.88. The Bertz CT molecular complexity index is 833. The third-order valence-electron chi connectivity index (χ3n) is 4.21. The number of sulfone groups is 1. The Morgan fingerprint density at radius 1 is 1.13 bits per heavy atom. The third kappa shape index (κ3) is 2.87. The summed E-state index contributed by atoms with van der Waals surface area (Å²) in [6.07, 6.45) is 3.54. The van der Waals surface area contributed by atoms with E-state index >= 15 is 0 Å². The van der Waals surface area contributed by atoms with Crippen molar-refractivity contribution in [3.8, 4) is 0 Å². The maximum atomic E-state index is 13.4. The van der Waals surface area contributed by atoms with Gasteiger partial charge in [-0.15, -0.1) is 10.2 Å². The van der Waals surface area contributed by atoms with Gasteiger partial charge in [0.15, 0.2) is 11.6 Å². The highest BCUT2D eigenvalue weighted by atomic mass is 32.2. The Morgan fingerprint density at radius 2 is 1.91 bits per heavy atom. The fraction of sp³-hybridized carbons (Fsp3) is 0.467. The van der Waals surface area contributed by atoms with Crippen molar-refractivity contribution >= 4 is 9.84 Å². The predicted molar refractivity (Wildman–Crippen MR) is 79.5 cm³/mol. The topological polar surface area (TPSA) is 64.8 Å². The highest BCUT2D eigenvalue weighted by Crippen LogP contribution is 2.29. The lowest BCUT2D eigenvalue weighted by Crippen LogP contribution is -2.17. The van der Waals surface area contributed by atoms with E-state index in [0.29, 0.717) is 18.8 Å². The molecule has 8 heteroatoms. The van der Waals surface area contributed by atoms with Gasteiger partial charge in [-0.25, -0.2) is 17.2 Å². The number of hydrogen-bond donors (Lipinski definition) is 0. The number of nitrogens with zero attached hydrogens (tertiary/aromatic N) is 3. The molecule has 124 valence electrons. The SMILES string of the molecule is CC(c1ccc(F)c(F)c1)S(=O)(=O)c1nnc2n1CCCCC2. The Hall–Kier alpha value is -1.83. The lowest BCUT2D eigenvalue weighted by atomic mass is 10.1. The van der Waals surface area contributed by atoms with Crippen LogP contribution in [0.15, 0.2) is 23.4 Å². The quantitative estimate of drug-likeness (QED) is 0.861. The van der Waals surface area contributed by atoms with Crippen LogP contribution in [0.1, 0.15) is 42.8 Å². The van der Waals surface area contributed by atoms with Crippen LogP contribution in [0.3, 0.4) is 0 Å². The predicted octanol–water partition coefficient (Wildman–Crippen LogP) is 2.82. The van der Waals surface area contributed by atoms with E-state index in [1.54, 1.807) is 4.57 Å². The highest BCUT2D eigenvalue weighted by Gasteiger charge is 2.32. The van der Waals surface area contributed by atoms with Gasteiger partial charge in [-0.1, -0.05) is 12.5 Å². The van der Waals surface area contributed by atoms with Crippen molar-refractivity contribution in [2.24, 2.45) is 0 Å². The van der Waals surface area contributed by atoms with Crippen LogP contribution in [0.4, 0.5) is 8.78 Å². The second kappa shape index (κ2) is 5.99. The molecule has 0 aliphatic carbocycles. The molecule has 1 aromatic heterocycles. The number of aryl methyl sites for hydroxylation is 1. The number of hydrogen-bond acceptors (Lipinski definition) is 4. The molecule has 1 atom stereocenters. The molecule has 0 N–H and O–H groups in total. The zero-order chi connectivity index (χ0) is 16.6. The maximum Gasteiger partial charge on any atom is 0.250 e. The van der Waals surface area contributed by atoms with Crippen LogP contribution in [0.25, 0.3) is 0 Å². The first-order valence-corrected chi connectivity index (χ1v) is 9.07. The van der Waals surface area contributed by atoms with Crippen molar-refractivity contribution in [3.05, 3.63) is 41.2 Å². The summed E-state index contributed by atoms with van der Waals surface area (Å²) in [5, 5.41) is 6.72. The van der Waals surface area contributed by atoms with Crippen LogP contribution >= 0.6 is 0 Å². The molecule has 1 aromatic carbocycles. The molecule has 0 spiro atoms. The smallest absolute Gasteiger partial charge is 0.250 e. The molecule has 0 bridgehead atoms. The first-order valence-electron chi connectivity index (χ1n) is 7.52. The molecular formula is C15H17F2N3O2S. The van der Waals surface area contributed by atoms with Gasteiger partial charge < -0.3 is 4.57 Å². The van der Waals surface area contributed by atoms with E-state index in [0.717, 1.165) is 31.4 Å². The molecule has 0 amide bonds. The van der Waals surface area contributed by atoms with Crippen LogP contribution < -0.4 is 0 Å². The van der Waals surface area contributed by atoms with Crippen molar-refractivity contribution in [1.82, 2.24) is 14.8 Å². The minimum absolute atomic E-state index is 0.0911. The molecule has 0 radical (unpaired) electrons. The summed E-state index contributed by atoms with van der Waals surface area (Å²) in [7, 11) is -3.84. The van der Waals surface area contributed by atoms with E-state index in [9.17, 15) is 17.2 Å². The zero-order valence-electron chi connectivity index (χ0n) is 12.7. The maximum absolute atomic E-state index is 13.4. The molecular weight excluding hydrogens is 324 g/mol. The molecule has 1 aliphatic heterocycles. The number of fused-ring (bicyclic) bond motifs is 1. The normalized spacial score (nSPS) is 16.7. The molecule has 1 aliphatic rings. The summed E-state index contributed by atoms with van der Waals surface area (Å²) >= 11 is 0. The van der Waals surface area contributed by atoms with Gasteiger partial charge in [0.05, 0.1) is 5.25 Å². The van der Waals surface area contributed by atoms with Gasteiger partial charge in [0, 0.05) is 13.0 Å². The standard InChI is InChI=1S/C15H17F2N3O2S/c1-10(11-6-7-12(16)13(17)9-11)23(21,22)15-19-18-14-5-3-2-4-8-20(14)15/h6-7,9-10H,2-5,8H2,1H3. The van der Waals surface area contributed by atoms with Crippen molar-refractivity contribution in [1.29, 1.82) is 0 Å². The summed E-state index contributed by atoms with van der Waals surface area (Å²) in [5.74, 6) is -1.40. The Kier molecular flexibility index (Phi) is 4.18. The molecule has 5 nitrogen and oxygen atoms in total. The second-order valence-electron chi connectivity index (χ2n) is 5.72. The van der Waals surface area contributed by atoms with Crippen molar-refractivity contribution in [3.63, 3.8) is 0 Å². The van der Waals surface area contributed by atoms with Gasteiger partial charge in [0.25, 0.3) is 0 Å². The van der Waals surface area contributed by atoms with E-state index < -0.39 is 26.7 Å². The molecule has 0 saturated heterocycles. The van der Waals surface area contributed by atoms with Gasteiger partial charge in [-0.2, -0.15) is 0 Å². The number of aromatic nitrogens is 3. The summed E-state index contributed by atoms with van der Waals surface area (Å²) in [6, 6.07) is 3.12. The Labute approximate surface area is 133 Å². The lowest BCUT2D eigenvalue weighted by Gasteiger charge is -2.14. The summed E-state index contributed by atoms with van der Waals surface area (Å²) < 4.78 is 53.8. The van der Waals surface area contributed by atoms with Gasteiger partial charge in [0.2, 0.25) is 15.0 Å². The van der Waals surface area contributed by atoms with Gasteiger partial charge in [-0.05, 0) is 37.5 Å². The molecule has 0 fully saturated rings. The van der Waals surface area contributed by atoms with Crippen LogP contribution in [0.5, 0.6) is 0 Å². The lowest BCUT2D eigenvalue weighted by molar-refractivity contribution is 0.506. The highest BCUT2D eigenvalue weighted by molar-refractivity contribution is 7.91. The molecule has 3 rings (SSSR count). The van der Waals surface area contributed by atoms with E-state index in [1.165, 1.54) is 13.0 Å². The van der Waals surface area contributed by atoms with E-state index in [4.69, 9.17) is 0 Å². The third-order valence-corrected chi connectivity index (χ3v) is 6.22. The van der Waals surface area contributed by atoms with Crippen molar-refractivity contribution in [2.45, 2.75) is 49.6 Å². The average Bonchev–Trinajstić information content (AvgIpc) is 2.79. The van der Waals surface area contributed by atoms with Crippen LogP contribution in [0, 0.1) is 11.6 Å². The largest absolute Gasteiger partial charge is 0.302 e. The Morgan fingerprint density at radius 3 is 2.65 bits per heavy atom. The monoisotopic (exact) mass is 341 g/mol. The van der Waals surface area contributed by atoms with Crippen molar-refractivity contribution < 1.29 is 17.2 Å². The number of benzene rings is 1. The van der Waals surface area contributed by atoms with E-state index in [1.807, 2.05) is 0 Å². The Balaban J connectivity index is 2.01. The van der Waals surface area contributed by atoms with Crippen LogP contribution in [-0.4, -0.2) is 23.2 Å². The summed E-state index contributed by atoms with van der Waals surface area (Å²) in [6.45, 7) is 2.00. The fourth-order valence-corrected chi connectivity index (χ4v) is 4.25. The van der Waals surface area contributed by atoms with Crippen molar-refractivity contribution in [2.75, 3.05) is 0 Å². The van der Waals surface area contributed by atoms with Crippen LogP contribution in [0.2, 0.25) is 0 Å². The van der Waals surface area contributed by atoms with Crippen LogP contribution in [-0.2, 0) is 22.8 Å². The molecule has 0 saturated carbocycles. The summed E-state index contributed by atoms with van der Waals surface area (Å²) in [5.41, 5.74) is 0.190. The van der Waals surface area contributed by atoms with Gasteiger partial charge >= 0.3 is 0 Å². The van der Waals surface area contributed by atoms with Gasteiger partial charge in [-0.3, -0.25) is 0 Å². The number of halogens is 2. The van der Waals surface area contributed by atoms with Gasteiger partial charge in [0.1, 0.15) is 5.82 Å². The molecule has 2 heterocycles.